The first-order chi connectivity index (χ1) is 9.24. The number of piperidine rings is 1. The Morgan fingerprint density at radius 1 is 1.26 bits per heavy atom. The van der Waals surface area contributed by atoms with Gasteiger partial charge >= 0.3 is 130 Å². The van der Waals surface area contributed by atoms with Crippen LogP contribution in [0.5, 0.6) is 0 Å². The van der Waals surface area contributed by atoms with Crippen LogP contribution in [0.1, 0.15) is 51.9 Å². The molecular formula is C14H26N2OSSn. The average Bonchev–Trinajstić information content (AvgIpc) is 2.43. The zero-order valence-corrected chi connectivity index (χ0v) is 15.6. The number of hydrogen-bond donors (Lipinski definition) is 2. The van der Waals surface area contributed by atoms with Crippen molar-refractivity contribution in [3.05, 3.63) is 0 Å². The molecule has 2 radical (unpaired) electrons. The van der Waals surface area contributed by atoms with E-state index in [9.17, 15) is 4.79 Å². The topological polar surface area (TPSA) is 41.1 Å². The standard InChI is InChI=1S/C9H16NO.C5H11NS.Sn/c1-7-3-5-9(6-4-7)10-8(2)11;7-5-3-1-2-4-6-5;/h7,9H,2-6H2,1H3,(H,10,11);5-7H,1-4H2;/q;;+1/p-1. The maximum atomic E-state index is 11.9. The minimum absolute atomic E-state index is 0.328. The number of amides is 1. The van der Waals surface area contributed by atoms with E-state index in [2.05, 4.69) is 26.5 Å². The zero-order valence-electron chi connectivity index (χ0n) is 11.9. The van der Waals surface area contributed by atoms with Gasteiger partial charge in [-0.25, -0.2) is 0 Å². The van der Waals surface area contributed by atoms with Crippen molar-refractivity contribution in [1.82, 2.24) is 10.6 Å². The quantitative estimate of drug-likeness (QED) is 0.711. The van der Waals surface area contributed by atoms with Gasteiger partial charge in [-0.3, -0.25) is 0 Å². The van der Waals surface area contributed by atoms with Crippen molar-refractivity contribution in [2.75, 3.05) is 6.54 Å². The summed E-state index contributed by atoms with van der Waals surface area (Å²) in [7, 11) is 2.09. The van der Waals surface area contributed by atoms with E-state index >= 15 is 0 Å². The van der Waals surface area contributed by atoms with Gasteiger partial charge in [-0.15, -0.1) is 0 Å². The van der Waals surface area contributed by atoms with E-state index < -0.39 is 19.8 Å². The number of hydrogen-bond acceptors (Lipinski definition) is 3. The van der Waals surface area contributed by atoms with Gasteiger partial charge in [-0.05, 0) is 0 Å². The summed E-state index contributed by atoms with van der Waals surface area (Å²) in [6.45, 7) is 3.49. The Balaban J connectivity index is 1.54. The van der Waals surface area contributed by atoms with E-state index in [1.807, 2.05) is 0 Å². The second kappa shape index (κ2) is 8.77. The summed E-state index contributed by atoms with van der Waals surface area (Å²) in [5.41, 5.74) is 0. The molecule has 108 valence electrons. The molecule has 1 amide bonds. The molecule has 1 aliphatic heterocycles. The molecule has 2 fully saturated rings. The summed E-state index contributed by atoms with van der Waals surface area (Å²) in [5.74, 6) is 1.19. The Bertz CT molecular complexity index is 277. The summed E-state index contributed by atoms with van der Waals surface area (Å²) < 4.78 is 0.845. The molecule has 0 aromatic heterocycles. The Hall–Kier alpha value is 0.579. The third-order valence-electron chi connectivity index (χ3n) is 4.10. The van der Waals surface area contributed by atoms with Crippen molar-refractivity contribution in [2.45, 2.75) is 67.7 Å². The Morgan fingerprint density at radius 3 is 2.74 bits per heavy atom. The van der Waals surface area contributed by atoms with Crippen molar-refractivity contribution in [1.29, 1.82) is 0 Å². The molecule has 1 heterocycles. The van der Waals surface area contributed by atoms with E-state index in [-0.39, 0.29) is 0 Å². The van der Waals surface area contributed by atoms with Crippen LogP contribution in [0.3, 0.4) is 0 Å². The monoisotopic (exact) mass is 390 g/mol. The number of rotatable bonds is 5. The molecule has 0 aromatic rings. The zero-order chi connectivity index (χ0) is 13.5. The van der Waals surface area contributed by atoms with E-state index in [0.29, 0.717) is 17.3 Å². The number of nitrogens with one attached hydrogen (secondary N) is 2. The van der Waals surface area contributed by atoms with Gasteiger partial charge in [0.25, 0.3) is 0 Å². The van der Waals surface area contributed by atoms with E-state index in [0.717, 1.165) is 10.4 Å². The summed E-state index contributed by atoms with van der Waals surface area (Å²) in [6, 6.07) is 0.473. The fourth-order valence-electron chi connectivity index (χ4n) is 2.81. The van der Waals surface area contributed by atoms with E-state index in [1.165, 1.54) is 51.5 Å². The predicted molar refractivity (Wildman–Crippen MR) is 83.4 cm³/mol. The molecule has 1 unspecified atom stereocenters. The Morgan fingerprint density at radius 2 is 2.05 bits per heavy atom. The first-order valence-corrected chi connectivity index (χ1v) is 14.0. The summed E-state index contributed by atoms with van der Waals surface area (Å²) in [4.78, 5) is 11.9. The van der Waals surface area contributed by atoms with Crippen molar-refractivity contribution < 1.29 is 4.79 Å². The van der Waals surface area contributed by atoms with E-state index in [4.69, 9.17) is 0 Å². The molecule has 0 spiro atoms. The van der Waals surface area contributed by atoms with Crippen LogP contribution in [-0.2, 0) is 4.79 Å². The molecule has 5 heteroatoms. The van der Waals surface area contributed by atoms with Gasteiger partial charge < -0.3 is 0 Å². The van der Waals surface area contributed by atoms with Crippen LogP contribution in [0.15, 0.2) is 0 Å². The van der Waals surface area contributed by atoms with Crippen LogP contribution in [-0.4, -0.2) is 43.6 Å². The van der Waals surface area contributed by atoms with Crippen LogP contribution in [0, 0.1) is 5.92 Å². The SMILES string of the molecule is CC1CCC(NC(=O)[CH2][Sn][S]C2CCCCN2)CC1. The second-order valence-electron chi connectivity index (χ2n) is 5.90. The third kappa shape index (κ3) is 6.25. The van der Waals surface area contributed by atoms with Crippen molar-refractivity contribution >= 4 is 34.6 Å². The molecule has 0 bridgehead atoms. The van der Waals surface area contributed by atoms with Gasteiger partial charge in [0, 0.05) is 0 Å². The fraction of sp³-hybridized carbons (Fsp3) is 0.929. The van der Waals surface area contributed by atoms with Gasteiger partial charge in [0.05, 0.1) is 0 Å². The average molecular weight is 389 g/mol. The van der Waals surface area contributed by atoms with Crippen molar-refractivity contribution in [3.8, 4) is 0 Å². The molecule has 2 rings (SSSR count). The van der Waals surface area contributed by atoms with E-state index in [1.54, 1.807) is 0 Å². The normalized spacial score (nSPS) is 31.9. The first kappa shape index (κ1) is 16.0. The van der Waals surface area contributed by atoms with Gasteiger partial charge in [0.1, 0.15) is 0 Å². The third-order valence-corrected chi connectivity index (χ3v) is 11.1. The molecule has 1 atom stereocenters. The number of carbonyl (C=O) groups is 1. The van der Waals surface area contributed by atoms with Gasteiger partial charge in [-0.2, -0.15) is 0 Å². The van der Waals surface area contributed by atoms with Crippen LogP contribution >= 0.6 is 8.95 Å². The fourth-order valence-corrected chi connectivity index (χ4v) is 9.29. The summed E-state index contributed by atoms with van der Waals surface area (Å²) in [6.07, 6.45) is 8.93. The Labute approximate surface area is 130 Å². The van der Waals surface area contributed by atoms with Crippen LogP contribution in [0.4, 0.5) is 0 Å². The van der Waals surface area contributed by atoms with Crippen LogP contribution in [0.25, 0.3) is 0 Å². The maximum absolute atomic E-state index is 11.9. The predicted octanol–water partition coefficient (Wildman–Crippen LogP) is 2.55. The molecule has 19 heavy (non-hydrogen) atoms. The molecule has 1 saturated heterocycles. The molecule has 3 nitrogen and oxygen atoms in total. The molecule has 1 saturated carbocycles. The van der Waals surface area contributed by atoms with Crippen LogP contribution in [0.2, 0.25) is 4.44 Å². The van der Waals surface area contributed by atoms with Gasteiger partial charge in [-0.1, -0.05) is 0 Å². The minimum atomic E-state index is -0.575. The molecule has 2 aliphatic rings. The van der Waals surface area contributed by atoms with Crippen molar-refractivity contribution in [2.24, 2.45) is 5.92 Å². The molecular weight excluding hydrogens is 363 g/mol. The molecule has 0 aromatic carbocycles. The number of carbonyl (C=O) groups excluding carboxylic acids is 1. The van der Waals surface area contributed by atoms with Gasteiger partial charge in [0.15, 0.2) is 0 Å². The second-order valence-corrected chi connectivity index (χ2v) is 12.5. The molecule has 2 N–H and O–H groups in total. The molecule has 1 aliphatic carbocycles. The van der Waals surface area contributed by atoms with Crippen molar-refractivity contribution in [3.63, 3.8) is 0 Å². The summed E-state index contributed by atoms with van der Waals surface area (Å²) in [5, 5.41) is 7.46. The van der Waals surface area contributed by atoms with Crippen LogP contribution < -0.4 is 10.6 Å². The first-order valence-electron chi connectivity index (χ1n) is 7.65. The summed E-state index contributed by atoms with van der Waals surface area (Å²) >= 11 is -0.575. The van der Waals surface area contributed by atoms with Gasteiger partial charge in [0.2, 0.25) is 0 Å². The Kier molecular flexibility index (Phi) is 7.37.